The molecule has 1 amide bonds. The van der Waals surface area contributed by atoms with Crippen molar-refractivity contribution in [3.8, 4) is 17.0 Å². The number of hydrogen-bond acceptors (Lipinski definition) is 6. The molecular weight excluding hydrogens is 414 g/mol. The monoisotopic (exact) mass is 431 g/mol. The summed E-state index contributed by atoms with van der Waals surface area (Å²) < 4.78 is 5.73. The number of carbonyl (C=O) groups is 1. The molecule has 3 aromatic rings. The van der Waals surface area contributed by atoms with Gasteiger partial charge >= 0.3 is 0 Å². The number of ether oxygens (including phenoxy) is 1. The second kappa shape index (κ2) is 8.59. The van der Waals surface area contributed by atoms with E-state index in [1.165, 1.54) is 23.5 Å². The average Bonchev–Trinajstić information content (AvgIpc) is 3.14. The zero-order chi connectivity index (χ0) is 21.1. The van der Waals surface area contributed by atoms with E-state index in [4.69, 9.17) is 16.3 Å². The van der Waals surface area contributed by atoms with Gasteiger partial charge in [-0.1, -0.05) is 11.6 Å². The number of non-ortho nitro benzene ring substituents is 1. The van der Waals surface area contributed by atoms with Gasteiger partial charge in [0.2, 0.25) is 0 Å². The minimum Gasteiger partial charge on any atom is -0.481 e. The SMILES string of the molecule is Cc1cc(O[C@@H](C)C(=O)Nc2nc(-c3ccc([N+](=O)[O-])cc3)cs2)cc(C)c1Cl. The number of hydrogen-bond donors (Lipinski definition) is 1. The number of anilines is 1. The van der Waals surface area contributed by atoms with E-state index in [1.807, 2.05) is 13.8 Å². The van der Waals surface area contributed by atoms with Gasteiger partial charge in [-0.25, -0.2) is 4.98 Å². The van der Waals surface area contributed by atoms with Crippen molar-refractivity contribution >= 4 is 39.7 Å². The van der Waals surface area contributed by atoms with Crippen molar-refractivity contribution in [3.63, 3.8) is 0 Å². The fourth-order valence-electron chi connectivity index (χ4n) is 2.66. The molecule has 0 saturated heterocycles. The van der Waals surface area contributed by atoms with Crippen LogP contribution in [-0.4, -0.2) is 21.9 Å². The highest BCUT2D eigenvalue weighted by Gasteiger charge is 2.18. The van der Waals surface area contributed by atoms with Gasteiger partial charge in [-0.05, 0) is 56.2 Å². The largest absolute Gasteiger partial charge is 0.481 e. The van der Waals surface area contributed by atoms with Gasteiger partial charge in [-0.3, -0.25) is 20.2 Å². The molecule has 1 aromatic heterocycles. The molecule has 0 radical (unpaired) electrons. The highest BCUT2D eigenvalue weighted by atomic mass is 35.5. The molecule has 1 N–H and O–H groups in total. The molecule has 150 valence electrons. The Morgan fingerprint density at radius 2 is 1.86 bits per heavy atom. The van der Waals surface area contributed by atoms with Crippen LogP contribution in [-0.2, 0) is 4.79 Å². The van der Waals surface area contributed by atoms with Crippen LogP contribution in [0.5, 0.6) is 5.75 Å². The number of nitrogens with one attached hydrogen (secondary N) is 1. The Balaban J connectivity index is 1.65. The Hall–Kier alpha value is -2.97. The quantitative estimate of drug-likeness (QED) is 0.416. The zero-order valence-corrected chi connectivity index (χ0v) is 17.5. The van der Waals surface area contributed by atoms with E-state index in [9.17, 15) is 14.9 Å². The van der Waals surface area contributed by atoms with Gasteiger partial charge in [0.05, 0.1) is 10.6 Å². The predicted molar refractivity (Wildman–Crippen MR) is 114 cm³/mol. The fourth-order valence-corrected chi connectivity index (χ4v) is 3.49. The maximum absolute atomic E-state index is 12.4. The molecular formula is C20H18ClN3O4S. The minimum absolute atomic E-state index is 0.0103. The van der Waals surface area contributed by atoms with Gasteiger partial charge in [-0.2, -0.15) is 0 Å². The van der Waals surface area contributed by atoms with Crippen LogP contribution in [0.3, 0.4) is 0 Å². The normalized spacial score (nSPS) is 11.7. The van der Waals surface area contributed by atoms with Crippen LogP contribution < -0.4 is 10.1 Å². The number of rotatable bonds is 6. The van der Waals surface area contributed by atoms with Crippen molar-refractivity contribution in [3.05, 3.63) is 68.0 Å². The number of nitro benzene ring substituents is 1. The topological polar surface area (TPSA) is 94.4 Å². The van der Waals surface area contributed by atoms with Crippen LogP contribution in [0.2, 0.25) is 5.02 Å². The third-order valence-electron chi connectivity index (χ3n) is 4.20. The van der Waals surface area contributed by atoms with E-state index in [0.717, 1.165) is 16.7 Å². The molecule has 0 aliphatic rings. The number of benzene rings is 2. The summed E-state index contributed by atoms with van der Waals surface area (Å²) in [6, 6.07) is 9.65. The number of carbonyl (C=O) groups excluding carboxylic acids is 1. The van der Waals surface area contributed by atoms with E-state index in [-0.39, 0.29) is 11.6 Å². The molecule has 0 fully saturated rings. The first-order valence-corrected chi connectivity index (χ1v) is 9.95. The van der Waals surface area contributed by atoms with E-state index in [1.54, 1.807) is 36.6 Å². The molecule has 7 nitrogen and oxygen atoms in total. The number of halogens is 1. The van der Waals surface area contributed by atoms with Crippen LogP contribution >= 0.6 is 22.9 Å². The molecule has 0 aliphatic heterocycles. The predicted octanol–water partition coefficient (Wildman–Crippen LogP) is 5.39. The molecule has 1 heterocycles. The first-order valence-electron chi connectivity index (χ1n) is 8.69. The first kappa shape index (κ1) is 20.8. The zero-order valence-electron chi connectivity index (χ0n) is 15.9. The number of nitro groups is 1. The number of thiazole rings is 1. The summed E-state index contributed by atoms with van der Waals surface area (Å²) in [5.74, 6) is 0.234. The summed E-state index contributed by atoms with van der Waals surface area (Å²) in [4.78, 5) is 27.1. The van der Waals surface area contributed by atoms with Crippen molar-refractivity contribution in [2.75, 3.05) is 5.32 Å². The van der Waals surface area contributed by atoms with E-state index in [2.05, 4.69) is 10.3 Å². The highest BCUT2D eigenvalue weighted by Crippen LogP contribution is 2.28. The molecule has 3 rings (SSSR count). The third kappa shape index (κ3) is 4.90. The lowest BCUT2D eigenvalue weighted by Gasteiger charge is -2.15. The summed E-state index contributed by atoms with van der Waals surface area (Å²) in [7, 11) is 0. The molecule has 0 saturated carbocycles. The maximum atomic E-state index is 12.4. The summed E-state index contributed by atoms with van der Waals surface area (Å²) in [5, 5.41) is 16.3. The van der Waals surface area contributed by atoms with Gasteiger partial charge in [0.15, 0.2) is 11.2 Å². The molecule has 0 bridgehead atoms. The fraction of sp³-hybridized carbons (Fsp3) is 0.200. The Morgan fingerprint density at radius 3 is 2.45 bits per heavy atom. The van der Waals surface area contributed by atoms with Gasteiger partial charge in [0.1, 0.15) is 5.75 Å². The highest BCUT2D eigenvalue weighted by molar-refractivity contribution is 7.14. The van der Waals surface area contributed by atoms with Gasteiger partial charge in [0.25, 0.3) is 11.6 Å². The lowest BCUT2D eigenvalue weighted by Crippen LogP contribution is -2.30. The standard InChI is InChI=1S/C20H18ClN3O4S/c1-11-8-16(9-12(2)18(11)21)28-13(3)19(25)23-20-22-17(10-29-20)14-4-6-15(7-5-14)24(26)27/h4-10,13H,1-3H3,(H,22,23,25)/t13-/m0/s1. The van der Waals surface area contributed by atoms with Crippen LogP contribution in [0.1, 0.15) is 18.1 Å². The Bertz CT molecular complexity index is 1040. The van der Waals surface area contributed by atoms with Gasteiger partial charge < -0.3 is 4.74 Å². The van der Waals surface area contributed by atoms with Gasteiger partial charge in [-0.15, -0.1) is 11.3 Å². The Kier molecular flexibility index (Phi) is 6.14. The Labute approximate surface area is 176 Å². The van der Waals surface area contributed by atoms with Crippen molar-refractivity contribution in [1.82, 2.24) is 4.98 Å². The molecule has 2 aromatic carbocycles. The third-order valence-corrected chi connectivity index (χ3v) is 5.55. The molecule has 0 aliphatic carbocycles. The minimum atomic E-state index is -0.735. The van der Waals surface area contributed by atoms with Crippen molar-refractivity contribution in [1.29, 1.82) is 0 Å². The first-order chi connectivity index (χ1) is 13.7. The van der Waals surface area contributed by atoms with E-state index in [0.29, 0.717) is 21.6 Å². The molecule has 29 heavy (non-hydrogen) atoms. The Morgan fingerprint density at radius 1 is 1.24 bits per heavy atom. The average molecular weight is 432 g/mol. The lowest BCUT2D eigenvalue weighted by atomic mass is 10.1. The summed E-state index contributed by atoms with van der Waals surface area (Å²) in [6.45, 7) is 5.41. The molecule has 0 spiro atoms. The second-order valence-electron chi connectivity index (χ2n) is 6.46. The van der Waals surface area contributed by atoms with E-state index >= 15 is 0 Å². The number of aryl methyl sites for hydroxylation is 2. The van der Waals surface area contributed by atoms with Crippen LogP contribution in [0.4, 0.5) is 10.8 Å². The number of aromatic nitrogens is 1. The van der Waals surface area contributed by atoms with Gasteiger partial charge in [0, 0.05) is 28.1 Å². The summed E-state index contributed by atoms with van der Waals surface area (Å²) >= 11 is 7.42. The molecule has 1 atom stereocenters. The van der Waals surface area contributed by atoms with Crippen molar-refractivity contribution in [2.45, 2.75) is 26.9 Å². The molecule has 9 heteroatoms. The van der Waals surface area contributed by atoms with Crippen LogP contribution in [0.15, 0.2) is 41.8 Å². The number of nitrogens with zero attached hydrogens (tertiary/aromatic N) is 2. The summed E-state index contributed by atoms with van der Waals surface area (Å²) in [6.07, 6.45) is -0.735. The van der Waals surface area contributed by atoms with E-state index < -0.39 is 11.0 Å². The van der Waals surface area contributed by atoms with Crippen molar-refractivity contribution < 1.29 is 14.5 Å². The summed E-state index contributed by atoms with van der Waals surface area (Å²) in [5.41, 5.74) is 3.11. The smallest absolute Gasteiger partial charge is 0.269 e. The second-order valence-corrected chi connectivity index (χ2v) is 7.70. The lowest BCUT2D eigenvalue weighted by molar-refractivity contribution is -0.384. The van der Waals surface area contributed by atoms with Crippen molar-refractivity contribution in [2.24, 2.45) is 0 Å². The molecule has 0 unspecified atom stereocenters. The van der Waals surface area contributed by atoms with Crippen LogP contribution in [0.25, 0.3) is 11.3 Å². The number of amides is 1. The maximum Gasteiger partial charge on any atom is 0.269 e. The van der Waals surface area contributed by atoms with Crippen LogP contribution in [0, 0.1) is 24.0 Å².